The van der Waals surface area contributed by atoms with Crippen LogP contribution in [-0.2, 0) is 9.63 Å². The Kier molecular flexibility index (Phi) is 3.10. The molecule has 0 spiro atoms. The molecule has 0 heterocycles. The van der Waals surface area contributed by atoms with E-state index in [1.165, 1.54) is 0 Å². The lowest BCUT2D eigenvalue weighted by molar-refractivity contribution is -0.107. The SMILES string of the molecule is CO/N=C(/F)C(=O)Cl. The number of halogens is 2. The third-order valence-corrected chi connectivity index (χ3v) is 0.490. The van der Waals surface area contributed by atoms with E-state index in [-0.39, 0.29) is 0 Å². The van der Waals surface area contributed by atoms with Crippen LogP contribution in [0.5, 0.6) is 0 Å². The topological polar surface area (TPSA) is 38.7 Å². The van der Waals surface area contributed by atoms with Crippen molar-refractivity contribution in [3.05, 3.63) is 0 Å². The molecule has 0 aromatic rings. The minimum atomic E-state index is -1.34. The van der Waals surface area contributed by atoms with Crippen molar-refractivity contribution in [2.24, 2.45) is 5.16 Å². The van der Waals surface area contributed by atoms with Gasteiger partial charge in [0.05, 0.1) is 0 Å². The molecule has 0 fully saturated rings. The molecular formula is C3H3ClFNO2. The molecule has 0 aromatic carbocycles. The third-order valence-electron chi connectivity index (χ3n) is 0.334. The van der Waals surface area contributed by atoms with Crippen molar-refractivity contribution < 1.29 is 14.0 Å². The number of rotatable bonds is 2. The highest BCUT2D eigenvalue weighted by molar-refractivity contribution is 6.80. The van der Waals surface area contributed by atoms with E-state index in [4.69, 9.17) is 0 Å². The van der Waals surface area contributed by atoms with Crippen molar-refractivity contribution in [1.29, 1.82) is 0 Å². The standard InChI is InChI=1S/C3H3ClFNO2/c1-8-6-3(5)2(4)7/h1H3/b6-3+. The van der Waals surface area contributed by atoms with Gasteiger partial charge in [0.25, 0.3) is 0 Å². The van der Waals surface area contributed by atoms with Gasteiger partial charge in [0.1, 0.15) is 7.11 Å². The van der Waals surface area contributed by atoms with Crippen LogP contribution >= 0.6 is 11.6 Å². The van der Waals surface area contributed by atoms with Gasteiger partial charge in [-0.05, 0) is 16.8 Å². The quantitative estimate of drug-likeness (QED) is 0.321. The summed E-state index contributed by atoms with van der Waals surface area (Å²) in [6.07, 6.45) is 0. The summed E-state index contributed by atoms with van der Waals surface area (Å²) in [6, 6.07) is 0. The van der Waals surface area contributed by atoms with Crippen LogP contribution < -0.4 is 0 Å². The second-order valence-electron chi connectivity index (χ2n) is 0.838. The van der Waals surface area contributed by atoms with Crippen molar-refractivity contribution >= 4 is 22.8 Å². The number of oxime groups is 1. The number of carbonyl (C=O) groups is 1. The Labute approximate surface area is 50.1 Å². The molecule has 0 N–H and O–H groups in total. The normalized spacial score (nSPS) is 11.1. The van der Waals surface area contributed by atoms with Crippen LogP contribution in [0.2, 0.25) is 0 Å². The highest BCUT2D eigenvalue weighted by atomic mass is 35.5. The summed E-state index contributed by atoms with van der Waals surface area (Å²) in [7, 11) is 1.11. The zero-order valence-corrected chi connectivity index (χ0v) is 4.78. The highest BCUT2D eigenvalue weighted by Gasteiger charge is 2.04. The smallest absolute Gasteiger partial charge is 0.308 e. The van der Waals surface area contributed by atoms with Gasteiger partial charge in [0.15, 0.2) is 0 Å². The van der Waals surface area contributed by atoms with Gasteiger partial charge in [-0.15, -0.1) is 0 Å². The minimum Gasteiger partial charge on any atom is -0.397 e. The van der Waals surface area contributed by atoms with E-state index in [2.05, 4.69) is 21.6 Å². The summed E-state index contributed by atoms with van der Waals surface area (Å²) in [5.74, 6) is -1.34. The lowest BCUT2D eigenvalue weighted by Gasteiger charge is -1.83. The Morgan fingerprint density at radius 3 is 2.50 bits per heavy atom. The fourth-order valence-corrected chi connectivity index (χ4v) is 0.151. The molecule has 0 aliphatic rings. The van der Waals surface area contributed by atoms with Gasteiger partial charge in [0.2, 0.25) is 0 Å². The summed E-state index contributed by atoms with van der Waals surface area (Å²) in [4.78, 5) is 13.6. The van der Waals surface area contributed by atoms with Crippen LogP contribution in [0.25, 0.3) is 0 Å². The highest BCUT2D eigenvalue weighted by Crippen LogP contribution is 1.87. The lowest BCUT2D eigenvalue weighted by atomic mass is 10.8. The number of hydrogen-bond acceptors (Lipinski definition) is 3. The second-order valence-corrected chi connectivity index (χ2v) is 1.18. The first-order valence-electron chi connectivity index (χ1n) is 1.65. The molecule has 0 aromatic heterocycles. The van der Waals surface area contributed by atoms with Gasteiger partial charge < -0.3 is 4.84 Å². The predicted octanol–water partition coefficient (Wildman–Crippen LogP) is 0.681. The maximum absolute atomic E-state index is 11.7. The molecular weight excluding hydrogens is 136 g/mol. The molecule has 0 unspecified atom stereocenters. The molecule has 0 aliphatic heterocycles. The zero-order chi connectivity index (χ0) is 6.57. The van der Waals surface area contributed by atoms with Crippen LogP contribution in [0, 0.1) is 0 Å². The van der Waals surface area contributed by atoms with E-state index in [0.29, 0.717) is 0 Å². The number of hydrogen-bond donors (Lipinski definition) is 0. The van der Waals surface area contributed by atoms with E-state index < -0.39 is 11.2 Å². The van der Waals surface area contributed by atoms with Crippen molar-refractivity contribution in [3.8, 4) is 0 Å². The van der Waals surface area contributed by atoms with E-state index in [0.717, 1.165) is 7.11 Å². The molecule has 0 aliphatic carbocycles. The fourth-order valence-electron chi connectivity index (χ4n) is 0.116. The Bertz CT molecular complexity index is 124. The van der Waals surface area contributed by atoms with Gasteiger partial charge in [-0.3, -0.25) is 4.79 Å². The van der Waals surface area contributed by atoms with Crippen LogP contribution in [0.1, 0.15) is 0 Å². The molecule has 0 rings (SSSR count). The number of carbonyl (C=O) groups excluding carboxylic acids is 1. The van der Waals surface area contributed by atoms with Gasteiger partial charge in [0, 0.05) is 0 Å². The van der Waals surface area contributed by atoms with Gasteiger partial charge >= 0.3 is 11.2 Å². The third kappa shape index (κ3) is 2.52. The Morgan fingerprint density at radius 1 is 1.88 bits per heavy atom. The summed E-state index contributed by atoms with van der Waals surface area (Å²) in [5.41, 5.74) is 0. The summed E-state index contributed by atoms with van der Waals surface area (Å²) in [6.45, 7) is 0. The first-order valence-corrected chi connectivity index (χ1v) is 2.02. The van der Waals surface area contributed by atoms with Crippen LogP contribution in [0.4, 0.5) is 4.39 Å². The molecule has 0 saturated heterocycles. The summed E-state index contributed by atoms with van der Waals surface area (Å²) < 4.78 is 11.7. The first kappa shape index (κ1) is 7.36. The predicted molar refractivity (Wildman–Crippen MR) is 26.4 cm³/mol. The van der Waals surface area contributed by atoms with Gasteiger partial charge in [-0.25, -0.2) is 0 Å². The molecule has 46 valence electrons. The maximum atomic E-state index is 11.7. The molecule has 8 heavy (non-hydrogen) atoms. The van der Waals surface area contributed by atoms with E-state index in [1.54, 1.807) is 0 Å². The molecule has 0 saturated carbocycles. The van der Waals surface area contributed by atoms with Crippen LogP contribution in [0.15, 0.2) is 5.16 Å². The largest absolute Gasteiger partial charge is 0.397 e. The molecule has 0 atom stereocenters. The molecule has 3 nitrogen and oxygen atoms in total. The summed E-state index contributed by atoms with van der Waals surface area (Å²) >= 11 is 4.58. The second kappa shape index (κ2) is 3.37. The van der Waals surface area contributed by atoms with Crippen molar-refractivity contribution in [3.63, 3.8) is 0 Å². The minimum absolute atomic E-state index is 1.11. The fraction of sp³-hybridized carbons (Fsp3) is 0.333. The maximum Gasteiger partial charge on any atom is 0.308 e. The molecule has 5 heteroatoms. The van der Waals surface area contributed by atoms with Gasteiger partial charge in [-0.1, -0.05) is 0 Å². The van der Waals surface area contributed by atoms with E-state index in [1.807, 2.05) is 0 Å². The lowest BCUT2D eigenvalue weighted by Crippen LogP contribution is -1.98. The van der Waals surface area contributed by atoms with Crippen molar-refractivity contribution in [2.45, 2.75) is 0 Å². The van der Waals surface area contributed by atoms with Crippen LogP contribution in [0.3, 0.4) is 0 Å². The van der Waals surface area contributed by atoms with E-state index in [9.17, 15) is 9.18 Å². The van der Waals surface area contributed by atoms with E-state index >= 15 is 0 Å². The first-order chi connectivity index (χ1) is 3.68. The van der Waals surface area contributed by atoms with Crippen LogP contribution in [-0.4, -0.2) is 18.3 Å². The summed E-state index contributed by atoms with van der Waals surface area (Å²) in [5, 5.41) is 1.34. The van der Waals surface area contributed by atoms with Crippen molar-refractivity contribution in [1.82, 2.24) is 0 Å². The average Bonchev–Trinajstić information content (AvgIpc) is 1.67. The monoisotopic (exact) mass is 139 g/mol. The van der Waals surface area contributed by atoms with Gasteiger partial charge in [-0.2, -0.15) is 4.39 Å². The molecule has 0 bridgehead atoms. The number of nitrogens with zero attached hydrogens (tertiary/aromatic N) is 1. The Balaban J connectivity index is 3.80. The Hall–Kier alpha value is -0.640. The average molecular weight is 140 g/mol. The zero-order valence-electron chi connectivity index (χ0n) is 4.02. The molecule has 0 radical (unpaired) electrons. The Morgan fingerprint density at radius 2 is 2.38 bits per heavy atom. The van der Waals surface area contributed by atoms with Crippen molar-refractivity contribution in [2.75, 3.05) is 7.11 Å². The molecule has 0 amide bonds.